The number of benzene rings is 1. The van der Waals surface area contributed by atoms with Crippen LogP contribution in [0, 0.1) is 5.92 Å². The van der Waals surface area contributed by atoms with E-state index in [0.29, 0.717) is 6.42 Å². The molecule has 0 saturated heterocycles. The fourth-order valence-electron chi connectivity index (χ4n) is 3.15. The van der Waals surface area contributed by atoms with Crippen molar-refractivity contribution in [3.63, 3.8) is 0 Å². The minimum absolute atomic E-state index is 0.0736. The summed E-state index contributed by atoms with van der Waals surface area (Å²) < 4.78 is 0. The molecule has 0 heterocycles. The van der Waals surface area contributed by atoms with Gasteiger partial charge in [-0.2, -0.15) is 0 Å². The summed E-state index contributed by atoms with van der Waals surface area (Å²) in [5, 5.41) is 18.6. The Labute approximate surface area is 130 Å². The molecule has 1 fully saturated rings. The molecule has 0 aliphatic heterocycles. The third-order valence-electron chi connectivity index (χ3n) is 4.43. The van der Waals surface area contributed by atoms with Gasteiger partial charge in [0.15, 0.2) is 11.5 Å². The Morgan fingerprint density at radius 3 is 2.50 bits per heavy atom. The molecule has 1 aliphatic carbocycles. The van der Waals surface area contributed by atoms with Gasteiger partial charge in [-0.3, -0.25) is 4.79 Å². The van der Waals surface area contributed by atoms with Crippen molar-refractivity contribution < 1.29 is 19.8 Å². The molecule has 1 aromatic carbocycles. The SMILES string of the molecule is Nc1cc(C(=O)CCCC2CCCCC2)cc(C(=O)O)c1O. The fourth-order valence-corrected chi connectivity index (χ4v) is 3.15. The molecule has 5 heteroatoms. The van der Waals surface area contributed by atoms with E-state index in [2.05, 4.69) is 0 Å². The molecule has 0 bridgehead atoms. The molecule has 1 saturated carbocycles. The average molecular weight is 305 g/mol. The lowest BCUT2D eigenvalue weighted by molar-refractivity contribution is 0.0694. The van der Waals surface area contributed by atoms with Crippen molar-refractivity contribution in [1.29, 1.82) is 0 Å². The van der Waals surface area contributed by atoms with Crippen molar-refractivity contribution in [3.05, 3.63) is 23.3 Å². The summed E-state index contributed by atoms with van der Waals surface area (Å²) in [5.41, 5.74) is 5.44. The van der Waals surface area contributed by atoms with Crippen LogP contribution in [0.4, 0.5) is 5.69 Å². The molecule has 0 spiro atoms. The molecule has 0 unspecified atom stereocenters. The monoisotopic (exact) mass is 305 g/mol. The van der Waals surface area contributed by atoms with E-state index in [1.54, 1.807) is 0 Å². The van der Waals surface area contributed by atoms with E-state index in [9.17, 15) is 14.7 Å². The molecule has 0 atom stereocenters. The number of aromatic carboxylic acids is 1. The van der Waals surface area contributed by atoms with Crippen molar-refractivity contribution in [2.45, 2.75) is 51.4 Å². The van der Waals surface area contributed by atoms with Crippen LogP contribution in [-0.4, -0.2) is 22.0 Å². The molecule has 0 radical (unpaired) electrons. The van der Waals surface area contributed by atoms with Gasteiger partial charge in [0.05, 0.1) is 5.69 Å². The largest absolute Gasteiger partial charge is 0.505 e. The van der Waals surface area contributed by atoms with Gasteiger partial charge >= 0.3 is 5.97 Å². The van der Waals surface area contributed by atoms with Crippen molar-refractivity contribution >= 4 is 17.4 Å². The zero-order valence-electron chi connectivity index (χ0n) is 12.7. The van der Waals surface area contributed by atoms with Crippen LogP contribution in [-0.2, 0) is 0 Å². The molecule has 1 aromatic rings. The van der Waals surface area contributed by atoms with Crippen molar-refractivity contribution in [2.75, 3.05) is 5.73 Å². The highest BCUT2D eigenvalue weighted by Crippen LogP contribution is 2.29. The van der Waals surface area contributed by atoms with Crippen molar-refractivity contribution in [3.8, 4) is 5.75 Å². The molecule has 2 rings (SSSR count). The first-order valence-electron chi connectivity index (χ1n) is 7.88. The second kappa shape index (κ2) is 7.29. The molecule has 5 nitrogen and oxygen atoms in total. The molecule has 0 amide bonds. The Balaban J connectivity index is 1.95. The van der Waals surface area contributed by atoms with Gasteiger partial charge in [0, 0.05) is 12.0 Å². The van der Waals surface area contributed by atoms with E-state index in [4.69, 9.17) is 10.8 Å². The van der Waals surface area contributed by atoms with E-state index in [1.807, 2.05) is 0 Å². The Hall–Kier alpha value is -2.04. The van der Waals surface area contributed by atoms with E-state index in [-0.39, 0.29) is 22.6 Å². The van der Waals surface area contributed by atoms with Gasteiger partial charge in [0.1, 0.15) is 5.56 Å². The standard InChI is InChI=1S/C17H23NO4/c18-14-10-12(9-13(16(14)20)17(21)22)15(19)8-4-7-11-5-2-1-3-6-11/h9-11,20H,1-8,18H2,(H,21,22). The topological polar surface area (TPSA) is 101 Å². The summed E-state index contributed by atoms with van der Waals surface area (Å²) in [6, 6.07) is 2.56. The molecule has 4 N–H and O–H groups in total. The third-order valence-corrected chi connectivity index (χ3v) is 4.43. The van der Waals surface area contributed by atoms with E-state index in [1.165, 1.54) is 44.2 Å². The van der Waals surface area contributed by atoms with Gasteiger partial charge in [-0.05, 0) is 24.5 Å². The average Bonchev–Trinajstić information content (AvgIpc) is 2.50. The second-order valence-electron chi connectivity index (χ2n) is 6.09. The maximum atomic E-state index is 12.2. The number of rotatable bonds is 6. The normalized spacial score (nSPS) is 15.6. The molecule has 120 valence electrons. The smallest absolute Gasteiger partial charge is 0.339 e. The van der Waals surface area contributed by atoms with Crippen LogP contribution in [0.3, 0.4) is 0 Å². The zero-order valence-corrected chi connectivity index (χ0v) is 12.7. The number of aromatic hydroxyl groups is 1. The summed E-state index contributed by atoms with van der Waals surface area (Å²) in [4.78, 5) is 23.2. The Morgan fingerprint density at radius 1 is 1.18 bits per heavy atom. The van der Waals surface area contributed by atoms with Gasteiger partial charge in [-0.25, -0.2) is 4.79 Å². The summed E-state index contributed by atoms with van der Waals surface area (Å²) in [7, 11) is 0. The first-order valence-corrected chi connectivity index (χ1v) is 7.88. The third kappa shape index (κ3) is 4.00. The van der Waals surface area contributed by atoms with E-state index < -0.39 is 11.7 Å². The number of hydrogen-bond donors (Lipinski definition) is 3. The predicted molar refractivity (Wildman–Crippen MR) is 84.2 cm³/mol. The minimum atomic E-state index is -1.29. The highest BCUT2D eigenvalue weighted by atomic mass is 16.4. The van der Waals surface area contributed by atoms with Gasteiger partial charge < -0.3 is 15.9 Å². The molecular weight excluding hydrogens is 282 g/mol. The predicted octanol–water partition coefficient (Wildman–Crippen LogP) is 3.61. The lowest BCUT2D eigenvalue weighted by atomic mass is 9.85. The number of ketones is 1. The first kappa shape index (κ1) is 16.3. The Bertz CT molecular complexity index is 562. The minimum Gasteiger partial charge on any atom is -0.505 e. The maximum Gasteiger partial charge on any atom is 0.339 e. The van der Waals surface area contributed by atoms with Gasteiger partial charge in [-0.15, -0.1) is 0 Å². The second-order valence-corrected chi connectivity index (χ2v) is 6.09. The Morgan fingerprint density at radius 2 is 1.86 bits per heavy atom. The number of nitrogen functional groups attached to an aromatic ring is 1. The van der Waals surface area contributed by atoms with E-state index in [0.717, 1.165) is 18.8 Å². The van der Waals surface area contributed by atoms with Crippen LogP contribution in [0.15, 0.2) is 12.1 Å². The van der Waals surface area contributed by atoms with Crippen LogP contribution < -0.4 is 5.73 Å². The number of Topliss-reactive ketones (excluding diaryl/α,β-unsaturated/α-hetero) is 1. The molecule has 1 aliphatic rings. The van der Waals surface area contributed by atoms with Crippen LogP contribution in [0.25, 0.3) is 0 Å². The summed E-state index contributed by atoms with van der Waals surface area (Å²) in [6.45, 7) is 0. The van der Waals surface area contributed by atoms with Gasteiger partial charge in [0.25, 0.3) is 0 Å². The zero-order chi connectivity index (χ0) is 16.1. The summed E-state index contributed by atoms with van der Waals surface area (Å²) >= 11 is 0. The molecule has 22 heavy (non-hydrogen) atoms. The highest BCUT2D eigenvalue weighted by molar-refractivity contribution is 6.01. The van der Waals surface area contributed by atoms with Crippen LogP contribution in [0.2, 0.25) is 0 Å². The van der Waals surface area contributed by atoms with Gasteiger partial charge in [-0.1, -0.05) is 38.5 Å². The lowest BCUT2D eigenvalue weighted by Crippen LogP contribution is -2.08. The number of phenols is 1. The van der Waals surface area contributed by atoms with Crippen molar-refractivity contribution in [2.24, 2.45) is 5.92 Å². The first-order chi connectivity index (χ1) is 10.5. The maximum absolute atomic E-state index is 12.2. The number of nitrogens with two attached hydrogens (primary N) is 1. The lowest BCUT2D eigenvalue weighted by Gasteiger charge is -2.21. The van der Waals surface area contributed by atoms with Crippen molar-refractivity contribution in [1.82, 2.24) is 0 Å². The number of hydrogen-bond acceptors (Lipinski definition) is 4. The van der Waals surface area contributed by atoms with Gasteiger partial charge in [0.2, 0.25) is 0 Å². The number of carbonyl (C=O) groups excluding carboxylic acids is 1. The molecule has 0 aromatic heterocycles. The summed E-state index contributed by atoms with van der Waals surface area (Å²) in [5.74, 6) is -1.17. The van der Waals surface area contributed by atoms with Crippen LogP contribution >= 0.6 is 0 Å². The van der Waals surface area contributed by atoms with Crippen LogP contribution in [0.1, 0.15) is 72.1 Å². The number of anilines is 1. The number of carbonyl (C=O) groups is 2. The Kier molecular flexibility index (Phi) is 5.41. The van der Waals surface area contributed by atoms with Crippen LogP contribution in [0.5, 0.6) is 5.75 Å². The number of carboxylic acids is 1. The highest BCUT2D eigenvalue weighted by Gasteiger charge is 2.18. The molecular formula is C17H23NO4. The quantitative estimate of drug-likeness (QED) is 0.423. The fraction of sp³-hybridized carbons (Fsp3) is 0.529. The number of carboxylic acid groups (broad SMARTS) is 1. The van der Waals surface area contributed by atoms with E-state index >= 15 is 0 Å². The summed E-state index contributed by atoms with van der Waals surface area (Å²) in [6.07, 6.45) is 8.65.